The molecule has 0 N–H and O–H groups in total. The van der Waals surface area contributed by atoms with Gasteiger partial charge in [0, 0.05) is 32.6 Å². The topological polar surface area (TPSA) is 122 Å². The zero-order valence-corrected chi connectivity index (χ0v) is 17.0. The third-order valence-electron chi connectivity index (χ3n) is 3.61. The predicted octanol–water partition coefficient (Wildman–Crippen LogP) is 2.55. The lowest BCUT2D eigenvalue weighted by Gasteiger charge is -2.39. The minimum Gasteiger partial charge on any atom is -0.458 e. The second kappa shape index (κ2) is 9.78. The average Bonchev–Trinajstić information content (AvgIpc) is 2.59. The molecule has 11 heteroatoms. The van der Waals surface area contributed by atoms with E-state index in [0.29, 0.717) is 4.90 Å². The van der Waals surface area contributed by atoms with Crippen molar-refractivity contribution in [3.8, 4) is 0 Å². The highest BCUT2D eigenvalue weighted by Crippen LogP contribution is 2.44. The molecular formula is C17H19NO8S2. The van der Waals surface area contributed by atoms with Crippen LogP contribution < -0.4 is 0 Å². The van der Waals surface area contributed by atoms with Crippen molar-refractivity contribution in [1.29, 1.82) is 0 Å². The molecule has 0 amide bonds. The van der Waals surface area contributed by atoms with Gasteiger partial charge in [-0.1, -0.05) is 12.1 Å². The van der Waals surface area contributed by atoms with E-state index in [1.807, 2.05) is 0 Å². The Morgan fingerprint density at radius 1 is 1.04 bits per heavy atom. The van der Waals surface area contributed by atoms with Crippen LogP contribution in [0.2, 0.25) is 0 Å². The molecule has 9 nitrogen and oxygen atoms in total. The average molecular weight is 429 g/mol. The fraction of sp³-hybridized carbons (Fsp3) is 0.471. The highest BCUT2D eigenvalue weighted by atomic mass is 32.2. The van der Waals surface area contributed by atoms with Crippen molar-refractivity contribution in [1.82, 2.24) is 0 Å². The standard InChI is InChI=1S/C17H19NO8S2/c1-9(19)24-13-8-27-17(16(26-11(3)21)15(13)25-10(2)20)28-14-7-5-4-6-12(14)18(22)23/h4-7,13,15-17H,8H2,1-3H3/t13-,15+,16-,17+/m1/s1. The first-order valence-corrected chi connectivity index (χ1v) is 10.1. The number of thioether (sulfide) groups is 2. The number of carbonyl (C=O) groups excluding carboxylic acids is 3. The molecule has 152 valence electrons. The van der Waals surface area contributed by atoms with Crippen LogP contribution in [-0.4, -0.2) is 51.5 Å². The number of nitro groups is 1. The second-order valence-electron chi connectivity index (χ2n) is 5.84. The van der Waals surface area contributed by atoms with E-state index in [1.165, 1.54) is 38.6 Å². The highest BCUT2D eigenvalue weighted by Gasteiger charge is 2.47. The van der Waals surface area contributed by atoms with Gasteiger partial charge >= 0.3 is 17.9 Å². The Morgan fingerprint density at radius 2 is 1.61 bits per heavy atom. The molecule has 0 saturated carbocycles. The van der Waals surface area contributed by atoms with Crippen LogP contribution >= 0.6 is 23.5 Å². The van der Waals surface area contributed by atoms with Crippen molar-refractivity contribution in [3.63, 3.8) is 0 Å². The number of hydrogen-bond donors (Lipinski definition) is 0. The Labute approximate surface area is 169 Å². The lowest BCUT2D eigenvalue weighted by Crippen LogP contribution is -2.53. The number of esters is 3. The zero-order chi connectivity index (χ0) is 20.8. The van der Waals surface area contributed by atoms with E-state index >= 15 is 0 Å². The van der Waals surface area contributed by atoms with E-state index in [4.69, 9.17) is 14.2 Å². The summed E-state index contributed by atoms with van der Waals surface area (Å²) in [6.07, 6.45) is -2.79. The summed E-state index contributed by atoms with van der Waals surface area (Å²) in [6.45, 7) is 3.63. The fourth-order valence-electron chi connectivity index (χ4n) is 2.64. The first-order valence-electron chi connectivity index (χ1n) is 8.22. The van der Waals surface area contributed by atoms with Crippen LogP contribution in [0.15, 0.2) is 29.2 Å². The Bertz CT molecular complexity index is 771. The van der Waals surface area contributed by atoms with Crippen LogP contribution in [0.4, 0.5) is 5.69 Å². The van der Waals surface area contributed by atoms with Crippen LogP contribution in [0.5, 0.6) is 0 Å². The van der Waals surface area contributed by atoms with Gasteiger partial charge in [-0.15, -0.1) is 23.5 Å². The molecule has 1 aliphatic heterocycles. The Balaban J connectivity index is 2.34. The maximum atomic E-state index is 11.6. The summed E-state index contributed by atoms with van der Waals surface area (Å²) in [6, 6.07) is 6.18. The summed E-state index contributed by atoms with van der Waals surface area (Å²) in [4.78, 5) is 45.8. The van der Waals surface area contributed by atoms with Crippen LogP contribution in [0.25, 0.3) is 0 Å². The van der Waals surface area contributed by atoms with E-state index in [2.05, 4.69) is 0 Å². The third-order valence-corrected chi connectivity index (χ3v) is 6.52. The van der Waals surface area contributed by atoms with Crippen molar-refractivity contribution in [2.24, 2.45) is 0 Å². The summed E-state index contributed by atoms with van der Waals surface area (Å²) in [5.41, 5.74) is -0.0826. The molecule has 0 spiro atoms. The summed E-state index contributed by atoms with van der Waals surface area (Å²) in [7, 11) is 0. The van der Waals surface area contributed by atoms with Gasteiger partial charge in [-0.05, 0) is 6.07 Å². The molecule has 0 aromatic heterocycles. The quantitative estimate of drug-likeness (QED) is 0.288. The number of para-hydroxylation sites is 1. The maximum Gasteiger partial charge on any atom is 0.303 e. The van der Waals surface area contributed by atoms with Crippen LogP contribution in [0.1, 0.15) is 20.8 Å². The number of rotatable bonds is 6. The van der Waals surface area contributed by atoms with Gasteiger partial charge in [0.1, 0.15) is 0 Å². The van der Waals surface area contributed by atoms with Crippen molar-refractivity contribution >= 4 is 47.1 Å². The number of carbonyl (C=O) groups is 3. The number of nitrogens with zero attached hydrogens (tertiary/aromatic N) is 1. The molecule has 1 aromatic rings. The molecule has 0 unspecified atom stereocenters. The number of benzene rings is 1. The molecule has 2 rings (SSSR count). The summed E-state index contributed by atoms with van der Waals surface area (Å²) >= 11 is 2.44. The van der Waals surface area contributed by atoms with Crippen molar-refractivity contribution in [2.75, 3.05) is 5.75 Å². The van der Waals surface area contributed by atoms with Gasteiger partial charge in [-0.2, -0.15) is 0 Å². The lowest BCUT2D eigenvalue weighted by molar-refractivity contribution is -0.387. The molecule has 4 atom stereocenters. The van der Waals surface area contributed by atoms with Crippen LogP contribution in [0.3, 0.4) is 0 Å². The molecule has 0 aliphatic carbocycles. The molecule has 0 radical (unpaired) electrons. The minimum absolute atomic E-state index is 0.0826. The number of nitro benzene ring substituents is 1. The van der Waals surface area contributed by atoms with E-state index in [0.717, 1.165) is 11.8 Å². The second-order valence-corrected chi connectivity index (χ2v) is 8.50. The number of hydrogen-bond acceptors (Lipinski definition) is 10. The van der Waals surface area contributed by atoms with Crippen molar-refractivity contribution in [2.45, 2.75) is 48.6 Å². The Kier molecular flexibility index (Phi) is 7.69. The van der Waals surface area contributed by atoms with E-state index in [9.17, 15) is 24.5 Å². The van der Waals surface area contributed by atoms with Crippen LogP contribution in [0, 0.1) is 10.1 Å². The van der Waals surface area contributed by atoms with Gasteiger partial charge in [-0.25, -0.2) is 0 Å². The van der Waals surface area contributed by atoms with E-state index in [1.54, 1.807) is 18.2 Å². The third kappa shape index (κ3) is 5.86. The summed E-state index contributed by atoms with van der Waals surface area (Å²) in [5.74, 6) is -1.53. The summed E-state index contributed by atoms with van der Waals surface area (Å²) < 4.78 is 15.4. The molecule has 1 aliphatic rings. The first-order chi connectivity index (χ1) is 13.2. The SMILES string of the molecule is CC(=O)O[C@@H]1[C@@H](OC(C)=O)[C@H](Sc2ccccc2[N+](=O)[O-])SC[C@H]1OC(C)=O. The fourth-order valence-corrected chi connectivity index (χ4v) is 5.51. The van der Waals surface area contributed by atoms with Gasteiger partial charge < -0.3 is 14.2 Å². The largest absolute Gasteiger partial charge is 0.458 e. The van der Waals surface area contributed by atoms with Gasteiger partial charge in [0.15, 0.2) is 18.3 Å². The normalized spacial score (nSPS) is 24.1. The van der Waals surface area contributed by atoms with Gasteiger partial charge in [0.25, 0.3) is 5.69 Å². The highest BCUT2D eigenvalue weighted by molar-refractivity contribution is 8.17. The predicted molar refractivity (Wildman–Crippen MR) is 102 cm³/mol. The van der Waals surface area contributed by atoms with E-state index < -0.39 is 45.7 Å². The molecule has 0 bridgehead atoms. The molecule has 1 saturated heterocycles. The zero-order valence-electron chi connectivity index (χ0n) is 15.4. The monoisotopic (exact) mass is 429 g/mol. The smallest absolute Gasteiger partial charge is 0.303 e. The molecule has 1 heterocycles. The lowest BCUT2D eigenvalue weighted by atomic mass is 10.1. The Morgan fingerprint density at radius 3 is 2.18 bits per heavy atom. The maximum absolute atomic E-state index is 11.6. The summed E-state index contributed by atoms with van der Waals surface area (Å²) in [5, 5.41) is 11.3. The first kappa shape index (κ1) is 22.0. The van der Waals surface area contributed by atoms with Gasteiger partial charge in [0.2, 0.25) is 0 Å². The van der Waals surface area contributed by atoms with Crippen LogP contribution in [-0.2, 0) is 28.6 Å². The molecular weight excluding hydrogens is 410 g/mol. The number of ether oxygens (including phenoxy) is 3. The van der Waals surface area contributed by atoms with E-state index in [-0.39, 0.29) is 11.4 Å². The minimum atomic E-state index is -1.02. The molecule has 1 fully saturated rings. The van der Waals surface area contributed by atoms with Gasteiger partial charge in [-0.3, -0.25) is 24.5 Å². The molecule has 28 heavy (non-hydrogen) atoms. The Hall–Kier alpha value is -2.27. The van der Waals surface area contributed by atoms with Crippen molar-refractivity contribution in [3.05, 3.63) is 34.4 Å². The molecule has 1 aromatic carbocycles. The van der Waals surface area contributed by atoms with Gasteiger partial charge in [0.05, 0.1) is 14.4 Å². The van der Waals surface area contributed by atoms with Crippen molar-refractivity contribution < 1.29 is 33.5 Å².